The van der Waals surface area contributed by atoms with Crippen LogP contribution in [0, 0.1) is 0 Å². The molecule has 0 saturated carbocycles. The van der Waals surface area contributed by atoms with Crippen LogP contribution in [-0.2, 0) is 11.3 Å². The lowest BCUT2D eigenvalue weighted by atomic mass is 10.2. The van der Waals surface area contributed by atoms with Crippen LogP contribution >= 0.6 is 0 Å². The van der Waals surface area contributed by atoms with Crippen LogP contribution in [0.5, 0.6) is 0 Å². The first kappa shape index (κ1) is 13.0. The highest BCUT2D eigenvalue weighted by Crippen LogP contribution is 1.97. The molecule has 5 nitrogen and oxygen atoms in total. The van der Waals surface area contributed by atoms with Gasteiger partial charge in [0.05, 0.1) is 0 Å². The number of hydrogen-bond acceptors (Lipinski definition) is 2. The number of amides is 3. The molecule has 1 rings (SSSR count). The van der Waals surface area contributed by atoms with Crippen molar-refractivity contribution in [3.8, 4) is 0 Å². The van der Waals surface area contributed by atoms with Crippen LogP contribution in [0.1, 0.15) is 18.9 Å². The first-order valence-electron chi connectivity index (χ1n) is 5.44. The van der Waals surface area contributed by atoms with E-state index in [-0.39, 0.29) is 18.5 Å². The van der Waals surface area contributed by atoms with Gasteiger partial charge >= 0.3 is 6.03 Å². The predicted molar refractivity (Wildman–Crippen MR) is 65.1 cm³/mol. The maximum atomic E-state index is 11.4. The molecular formula is C12H17N3O2. The van der Waals surface area contributed by atoms with Crippen LogP contribution in [0.15, 0.2) is 30.3 Å². The van der Waals surface area contributed by atoms with E-state index in [0.29, 0.717) is 6.54 Å². The van der Waals surface area contributed by atoms with E-state index in [2.05, 4.69) is 10.6 Å². The SMILES string of the molecule is CC(CC(N)=O)NC(=O)NCc1ccccc1. The molecule has 0 heterocycles. The maximum Gasteiger partial charge on any atom is 0.315 e. The van der Waals surface area contributed by atoms with Crippen molar-refractivity contribution in [2.75, 3.05) is 0 Å². The van der Waals surface area contributed by atoms with Crippen molar-refractivity contribution < 1.29 is 9.59 Å². The van der Waals surface area contributed by atoms with Gasteiger partial charge in [-0.25, -0.2) is 4.79 Å². The number of carbonyl (C=O) groups is 2. The van der Waals surface area contributed by atoms with Crippen LogP contribution in [0.25, 0.3) is 0 Å². The molecule has 1 atom stereocenters. The largest absolute Gasteiger partial charge is 0.370 e. The van der Waals surface area contributed by atoms with E-state index < -0.39 is 5.91 Å². The average molecular weight is 235 g/mol. The average Bonchev–Trinajstić information content (AvgIpc) is 2.26. The third-order valence-electron chi connectivity index (χ3n) is 2.18. The van der Waals surface area contributed by atoms with E-state index in [0.717, 1.165) is 5.56 Å². The molecule has 1 unspecified atom stereocenters. The summed E-state index contributed by atoms with van der Waals surface area (Å²) in [5, 5.41) is 5.33. The normalized spacial score (nSPS) is 11.6. The number of rotatable bonds is 5. The first-order valence-corrected chi connectivity index (χ1v) is 5.44. The maximum absolute atomic E-state index is 11.4. The minimum atomic E-state index is -0.430. The summed E-state index contributed by atoms with van der Waals surface area (Å²) in [6, 6.07) is 9.01. The molecule has 92 valence electrons. The van der Waals surface area contributed by atoms with Crippen LogP contribution in [0.3, 0.4) is 0 Å². The highest BCUT2D eigenvalue weighted by molar-refractivity contribution is 5.77. The van der Waals surface area contributed by atoms with Crippen molar-refractivity contribution in [2.45, 2.75) is 25.9 Å². The standard InChI is InChI=1S/C12H17N3O2/c1-9(7-11(13)16)15-12(17)14-8-10-5-3-2-4-6-10/h2-6,9H,7-8H2,1H3,(H2,13,16)(H2,14,15,17). The fourth-order valence-corrected chi connectivity index (χ4v) is 1.41. The summed E-state index contributed by atoms with van der Waals surface area (Å²) >= 11 is 0. The Bertz CT molecular complexity index is 379. The summed E-state index contributed by atoms with van der Waals surface area (Å²) in [7, 11) is 0. The number of primary amides is 1. The lowest BCUT2D eigenvalue weighted by Gasteiger charge is -2.12. The van der Waals surface area contributed by atoms with Gasteiger partial charge in [0.1, 0.15) is 0 Å². The second-order valence-corrected chi connectivity index (χ2v) is 3.88. The lowest BCUT2D eigenvalue weighted by Crippen LogP contribution is -2.42. The van der Waals surface area contributed by atoms with Gasteiger partial charge in [0.25, 0.3) is 0 Å². The van der Waals surface area contributed by atoms with Crippen molar-refractivity contribution >= 4 is 11.9 Å². The second-order valence-electron chi connectivity index (χ2n) is 3.88. The Morgan fingerprint density at radius 3 is 2.53 bits per heavy atom. The fourth-order valence-electron chi connectivity index (χ4n) is 1.41. The van der Waals surface area contributed by atoms with Crippen LogP contribution in [0.2, 0.25) is 0 Å². The van der Waals surface area contributed by atoms with E-state index >= 15 is 0 Å². The van der Waals surface area contributed by atoms with Gasteiger partial charge in [0, 0.05) is 19.0 Å². The molecule has 0 aliphatic rings. The van der Waals surface area contributed by atoms with Crippen molar-refractivity contribution in [1.82, 2.24) is 10.6 Å². The number of benzene rings is 1. The van der Waals surface area contributed by atoms with E-state index in [9.17, 15) is 9.59 Å². The Labute approximate surface area is 100 Å². The Morgan fingerprint density at radius 1 is 1.29 bits per heavy atom. The monoisotopic (exact) mass is 235 g/mol. The predicted octanol–water partition coefficient (Wildman–Crippen LogP) is 0.750. The topological polar surface area (TPSA) is 84.2 Å². The Balaban J connectivity index is 2.28. The van der Waals surface area contributed by atoms with Gasteiger partial charge in [-0.05, 0) is 12.5 Å². The molecule has 0 fully saturated rings. The number of carbonyl (C=O) groups excluding carboxylic acids is 2. The highest BCUT2D eigenvalue weighted by Gasteiger charge is 2.08. The van der Waals surface area contributed by atoms with E-state index in [4.69, 9.17) is 5.73 Å². The van der Waals surface area contributed by atoms with Gasteiger partial charge in [0.15, 0.2) is 0 Å². The Kier molecular flexibility index (Phi) is 5.00. The number of urea groups is 1. The molecule has 0 saturated heterocycles. The quantitative estimate of drug-likeness (QED) is 0.703. The molecule has 1 aromatic rings. The molecule has 0 aliphatic heterocycles. The van der Waals surface area contributed by atoms with E-state index in [1.165, 1.54) is 0 Å². The third kappa shape index (κ3) is 5.55. The molecule has 0 aromatic heterocycles. The van der Waals surface area contributed by atoms with Crippen molar-refractivity contribution in [2.24, 2.45) is 5.73 Å². The zero-order valence-electron chi connectivity index (χ0n) is 9.77. The third-order valence-corrected chi connectivity index (χ3v) is 2.18. The Hall–Kier alpha value is -2.04. The molecule has 0 spiro atoms. The molecule has 3 amide bonds. The van der Waals surface area contributed by atoms with Crippen LogP contribution < -0.4 is 16.4 Å². The van der Waals surface area contributed by atoms with Crippen LogP contribution in [0.4, 0.5) is 4.79 Å². The summed E-state index contributed by atoms with van der Waals surface area (Å²) < 4.78 is 0. The molecule has 0 bridgehead atoms. The minimum Gasteiger partial charge on any atom is -0.370 e. The lowest BCUT2D eigenvalue weighted by molar-refractivity contribution is -0.118. The van der Waals surface area contributed by atoms with Gasteiger partial charge in [-0.15, -0.1) is 0 Å². The van der Waals surface area contributed by atoms with Crippen molar-refractivity contribution in [1.29, 1.82) is 0 Å². The van der Waals surface area contributed by atoms with Gasteiger partial charge in [-0.1, -0.05) is 30.3 Å². The first-order chi connectivity index (χ1) is 8.08. The molecular weight excluding hydrogens is 218 g/mol. The summed E-state index contributed by atoms with van der Waals surface area (Å²) in [5.74, 6) is -0.430. The van der Waals surface area contributed by atoms with Gasteiger partial charge in [-0.2, -0.15) is 0 Å². The molecule has 0 radical (unpaired) electrons. The summed E-state index contributed by atoms with van der Waals surface area (Å²) in [5.41, 5.74) is 6.04. The van der Waals surface area contributed by atoms with Gasteiger partial charge < -0.3 is 16.4 Å². The number of nitrogens with one attached hydrogen (secondary N) is 2. The summed E-state index contributed by atoms with van der Waals surface area (Å²) in [6.07, 6.45) is 0.138. The smallest absolute Gasteiger partial charge is 0.315 e. The summed E-state index contributed by atoms with van der Waals surface area (Å²) in [4.78, 5) is 22.1. The van der Waals surface area contributed by atoms with E-state index in [1.807, 2.05) is 30.3 Å². The molecule has 5 heteroatoms. The molecule has 0 aliphatic carbocycles. The van der Waals surface area contributed by atoms with Gasteiger partial charge in [-0.3, -0.25) is 4.79 Å². The highest BCUT2D eigenvalue weighted by atomic mass is 16.2. The zero-order chi connectivity index (χ0) is 12.7. The summed E-state index contributed by atoms with van der Waals surface area (Å²) in [6.45, 7) is 2.18. The van der Waals surface area contributed by atoms with Crippen molar-refractivity contribution in [3.63, 3.8) is 0 Å². The number of hydrogen-bond donors (Lipinski definition) is 3. The van der Waals surface area contributed by atoms with Crippen molar-refractivity contribution in [3.05, 3.63) is 35.9 Å². The second kappa shape index (κ2) is 6.52. The fraction of sp³-hybridized carbons (Fsp3) is 0.333. The van der Waals surface area contributed by atoms with E-state index in [1.54, 1.807) is 6.92 Å². The molecule has 17 heavy (non-hydrogen) atoms. The van der Waals surface area contributed by atoms with Gasteiger partial charge in [0.2, 0.25) is 5.91 Å². The Morgan fingerprint density at radius 2 is 1.94 bits per heavy atom. The van der Waals surface area contributed by atoms with Crippen LogP contribution in [-0.4, -0.2) is 18.0 Å². The molecule has 4 N–H and O–H groups in total. The molecule has 1 aromatic carbocycles. The number of nitrogens with two attached hydrogens (primary N) is 1. The zero-order valence-corrected chi connectivity index (χ0v) is 9.77. The minimum absolute atomic E-state index is 0.138.